The highest BCUT2D eigenvalue weighted by molar-refractivity contribution is 6.38. The Morgan fingerprint density at radius 3 is 3.09 bits per heavy atom. The molecule has 0 aromatic carbocycles. The molecule has 2 heteroatoms. The molecule has 1 fully saturated rings. The number of hydrogen-bond acceptors (Lipinski definition) is 1. The molecule has 0 aromatic heterocycles. The number of carbonyl (C=O) groups is 1. The van der Waals surface area contributed by atoms with E-state index in [-0.39, 0.29) is 11.7 Å². The summed E-state index contributed by atoms with van der Waals surface area (Å²) in [6, 6.07) is 0. The van der Waals surface area contributed by atoms with Crippen LogP contribution in [-0.2, 0) is 4.79 Å². The zero-order valence-corrected chi connectivity index (χ0v) is 7.27. The number of rotatable bonds is 0. The Morgan fingerprint density at radius 1 is 1.73 bits per heavy atom. The molecule has 3 atom stereocenters. The van der Waals surface area contributed by atoms with Crippen LogP contribution in [0.3, 0.4) is 0 Å². The SMILES string of the molecule is CC1(Cl)C(=O)C2CCC=CC21. The average molecular weight is 171 g/mol. The van der Waals surface area contributed by atoms with Crippen molar-refractivity contribution in [2.75, 3.05) is 0 Å². The van der Waals surface area contributed by atoms with Gasteiger partial charge >= 0.3 is 0 Å². The van der Waals surface area contributed by atoms with Gasteiger partial charge in [-0.3, -0.25) is 4.79 Å². The van der Waals surface area contributed by atoms with E-state index < -0.39 is 4.87 Å². The van der Waals surface area contributed by atoms with Gasteiger partial charge in [-0.15, -0.1) is 11.6 Å². The summed E-state index contributed by atoms with van der Waals surface area (Å²) < 4.78 is 0. The van der Waals surface area contributed by atoms with Gasteiger partial charge in [-0.1, -0.05) is 12.2 Å². The second kappa shape index (κ2) is 2.10. The van der Waals surface area contributed by atoms with Gasteiger partial charge in [0.25, 0.3) is 0 Å². The molecule has 1 saturated carbocycles. The van der Waals surface area contributed by atoms with Crippen molar-refractivity contribution in [1.29, 1.82) is 0 Å². The lowest BCUT2D eigenvalue weighted by Crippen LogP contribution is -2.57. The third-order valence-corrected chi connectivity index (χ3v) is 3.30. The molecule has 2 aliphatic rings. The van der Waals surface area contributed by atoms with Crippen LogP contribution in [0.15, 0.2) is 12.2 Å². The minimum absolute atomic E-state index is 0.238. The summed E-state index contributed by atoms with van der Waals surface area (Å²) in [7, 11) is 0. The van der Waals surface area contributed by atoms with E-state index in [1.165, 1.54) is 0 Å². The van der Waals surface area contributed by atoms with Crippen LogP contribution in [0.4, 0.5) is 0 Å². The number of halogens is 1. The molecule has 0 amide bonds. The van der Waals surface area contributed by atoms with Crippen molar-refractivity contribution < 1.29 is 4.79 Å². The molecule has 0 heterocycles. The minimum Gasteiger partial charge on any atom is -0.297 e. The predicted molar refractivity (Wildman–Crippen MR) is 44.6 cm³/mol. The van der Waals surface area contributed by atoms with Crippen LogP contribution in [0, 0.1) is 11.8 Å². The van der Waals surface area contributed by atoms with Gasteiger partial charge in [-0.05, 0) is 19.8 Å². The maximum absolute atomic E-state index is 11.4. The highest BCUT2D eigenvalue weighted by Gasteiger charge is 2.56. The quantitative estimate of drug-likeness (QED) is 0.402. The highest BCUT2D eigenvalue weighted by Crippen LogP contribution is 2.49. The standard InChI is InChI=1S/C9H11ClO/c1-9(10)7-5-3-2-4-6(7)8(9)11/h3,5-7H,2,4H2,1H3. The van der Waals surface area contributed by atoms with Crippen LogP contribution >= 0.6 is 11.6 Å². The van der Waals surface area contributed by atoms with E-state index in [1.54, 1.807) is 0 Å². The Balaban J connectivity index is 2.27. The molecule has 0 spiro atoms. The summed E-state index contributed by atoms with van der Waals surface area (Å²) >= 11 is 6.03. The molecule has 0 saturated heterocycles. The first kappa shape index (κ1) is 7.35. The van der Waals surface area contributed by atoms with Crippen LogP contribution < -0.4 is 0 Å². The number of Topliss-reactive ketones (excluding diaryl/α,β-unsaturated/α-hetero) is 1. The smallest absolute Gasteiger partial charge is 0.157 e. The molecule has 0 N–H and O–H groups in total. The molecule has 60 valence electrons. The molecule has 2 aliphatic carbocycles. The topological polar surface area (TPSA) is 17.1 Å². The Kier molecular flexibility index (Phi) is 1.40. The normalized spacial score (nSPS) is 48.4. The second-order valence-corrected chi connectivity index (χ2v) is 4.36. The van der Waals surface area contributed by atoms with E-state index in [0.717, 1.165) is 12.8 Å². The molecule has 1 nitrogen and oxygen atoms in total. The fraction of sp³-hybridized carbons (Fsp3) is 0.667. The maximum atomic E-state index is 11.4. The fourth-order valence-electron chi connectivity index (χ4n) is 2.12. The Bertz CT molecular complexity index is 230. The summed E-state index contributed by atoms with van der Waals surface area (Å²) in [6.07, 6.45) is 6.28. The van der Waals surface area contributed by atoms with Crippen molar-refractivity contribution in [1.82, 2.24) is 0 Å². The van der Waals surface area contributed by atoms with Gasteiger partial charge in [0.2, 0.25) is 0 Å². The fourth-order valence-corrected chi connectivity index (χ4v) is 2.48. The Labute approximate surface area is 71.4 Å². The first-order valence-electron chi connectivity index (χ1n) is 4.04. The van der Waals surface area contributed by atoms with Crippen LogP contribution in [0.1, 0.15) is 19.8 Å². The lowest BCUT2D eigenvalue weighted by atomic mass is 9.60. The monoisotopic (exact) mass is 170 g/mol. The molecular weight excluding hydrogens is 160 g/mol. The zero-order valence-electron chi connectivity index (χ0n) is 6.51. The summed E-state index contributed by atoms with van der Waals surface area (Å²) in [5.74, 6) is 0.793. The highest BCUT2D eigenvalue weighted by atomic mass is 35.5. The lowest BCUT2D eigenvalue weighted by molar-refractivity contribution is -0.137. The van der Waals surface area contributed by atoms with Crippen molar-refractivity contribution in [2.45, 2.75) is 24.6 Å². The summed E-state index contributed by atoms with van der Waals surface area (Å²) in [4.78, 5) is 10.8. The average Bonchev–Trinajstić information content (AvgIpc) is 2.04. The van der Waals surface area contributed by atoms with Crippen molar-refractivity contribution in [3.8, 4) is 0 Å². The minimum atomic E-state index is -0.582. The molecule has 3 unspecified atom stereocenters. The molecule has 2 rings (SSSR count). The van der Waals surface area contributed by atoms with Crippen LogP contribution in [0.5, 0.6) is 0 Å². The van der Waals surface area contributed by atoms with Crippen LogP contribution in [0.25, 0.3) is 0 Å². The summed E-state index contributed by atoms with van der Waals surface area (Å²) in [6.45, 7) is 1.83. The van der Waals surface area contributed by atoms with E-state index >= 15 is 0 Å². The largest absolute Gasteiger partial charge is 0.297 e. The van der Waals surface area contributed by atoms with Crippen molar-refractivity contribution in [3.05, 3.63) is 12.2 Å². The number of ketones is 1. The van der Waals surface area contributed by atoms with E-state index in [0.29, 0.717) is 5.92 Å². The number of alkyl halides is 1. The van der Waals surface area contributed by atoms with Crippen molar-refractivity contribution >= 4 is 17.4 Å². The molecular formula is C9H11ClO. The Morgan fingerprint density at radius 2 is 2.45 bits per heavy atom. The number of allylic oxidation sites excluding steroid dienone is 2. The van der Waals surface area contributed by atoms with Crippen molar-refractivity contribution in [2.24, 2.45) is 11.8 Å². The molecule has 0 bridgehead atoms. The van der Waals surface area contributed by atoms with Crippen LogP contribution in [-0.4, -0.2) is 10.7 Å². The van der Waals surface area contributed by atoms with Gasteiger partial charge in [0.05, 0.1) is 0 Å². The third-order valence-electron chi connectivity index (χ3n) is 2.87. The lowest BCUT2D eigenvalue weighted by Gasteiger charge is -2.47. The first-order chi connectivity index (χ1) is 5.14. The molecule has 0 radical (unpaired) electrons. The van der Waals surface area contributed by atoms with Gasteiger partial charge in [0.15, 0.2) is 5.78 Å². The number of carbonyl (C=O) groups excluding carboxylic acids is 1. The van der Waals surface area contributed by atoms with E-state index in [2.05, 4.69) is 12.2 Å². The van der Waals surface area contributed by atoms with Gasteiger partial charge in [-0.25, -0.2) is 0 Å². The number of hydrogen-bond donors (Lipinski definition) is 0. The zero-order chi connectivity index (χ0) is 8.06. The molecule has 0 aromatic rings. The molecule has 0 aliphatic heterocycles. The van der Waals surface area contributed by atoms with E-state index in [1.807, 2.05) is 6.92 Å². The first-order valence-corrected chi connectivity index (χ1v) is 4.41. The van der Waals surface area contributed by atoms with Crippen molar-refractivity contribution in [3.63, 3.8) is 0 Å². The van der Waals surface area contributed by atoms with Gasteiger partial charge < -0.3 is 0 Å². The predicted octanol–water partition coefficient (Wildman–Crippen LogP) is 2.15. The van der Waals surface area contributed by atoms with Crippen LogP contribution in [0.2, 0.25) is 0 Å². The van der Waals surface area contributed by atoms with E-state index in [9.17, 15) is 4.79 Å². The summed E-state index contributed by atoms with van der Waals surface area (Å²) in [5, 5.41) is 0. The Hall–Kier alpha value is -0.300. The van der Waals surface area contributed by atoms with Gasteiger partial charge in [0.1, 0.15) is 4.87 Å². The second-order valence-electron chi connectivity index (χ2n) is 3.58. The number of fused-ring (bicyclic) bond motifs is 1. The molecule has 11 heavy (non-hydrogen) atoms. The van der Waals surface area contributed by atoms with Gasteiger partial charge in [-0.2, -0.15) is 0 Å². The maximum Gasteiger partial charge on any atom is 0.157 e. The van der Waals surface area contributed by atoms with E-state index in [4.69, 9.17) is 11.6 Å². The third kappa shape index (κ3) is 0.807. The van der Waals surface area contributed by atoms with Gasteiger partial charge in [0, 0.05) is 11.8 Å². The summed E-state index contributed by atoms with van der Waals surface area (Å²) in [5.41, 5.74) is 0.